The van der Waals surface area contributed by atoms with Crippen LogP contribution < -0.4 is 9.47 Å². The summed E-state index contributed by atoms with van der Waals surface area (Å²) >= 11 is 0. The summed E-state index contributed by atoms with van der Waals surface area (Å²) in [5, 5.41) is 14.1. The van der Waals surface area contributed by atoms with Crippen LogP contribution in [0.5, 0.6) is 17.2 Å². The number of ketones is 1. The first-order valence-corrected chi connectivity index (χ1v) is 13.2. The molecule has 7 rings (SSSR count). The molecule has 196 valence electrons. The lowest BCUT2D eigenvalue weighted by Crippen LogP contribution is -2.11. The van der Waals surface area contributed by atoms with E-state index in [-0.39, 0.29) is 17.8 Å². The van der Waals surface area contributed by atoms with E-state index in [1.807, 2.05) is 97.9 Å². The quantitative estimate of drug-likeness (QED) is 0.204. The van der Waals surface area contributed by atoms with Gasteiger partial charge in [0, 0.05) is 34.2 Å². The number of nitrogens with zero attached hydrogens (tertiary/aromatic N) is 5. The first-order valence-electron chi connectivity index (χ1n) is 13.2. The van der Waals surface area contributed by atoms with Crippen molar-refractivity contribution in [1.82, 2.24) is 24.8 Å². The highest BCUT2D eigenvalue weighted by Crippen LogP contribution is 2.47. The number of fused-ring (bicyclic) bond motifs is 2. The van der Waals surface area contributed by atoms with Crippen molar-refractivity contribution in [3.63, 3.8) is 0 Å². The van der Waals surface area contributed by atoms with Crippen LogP contribution in [0.25, 0.3) is 27.8 Å². The largest absolute Gasteiger partial charge is 0.485 e. The lowest BCUT2D eigenvalue weighted by molar-refractivity contribution is 0.0912. The average molecular weight is 528 g/mol. The van der Waals surface area contributed by atoms with Gasteiger partial charge in [-0.2, -0.15) is 9.61 Å². The molecule has 8 nitrogen and oxygen atoms in total. The van der Waals surface area contributed by atoms with Crippen LogP contribution in [0.2, 0.25) is 0 Å². The van der Waals surface area contributed by atoms with Gasteiger partial charge in [0.15, 0.2) is 17.3 Å². The van der Waals surface area contributed by atoms with E-state index in [0.717, 1.165) is 35.0 Å². The maximum Gasteiger partial charge on any atom is 0.192 e. The number of carbonyl (C=O) groups is 1. The molecule has 6 aromatic rings. The molecule has 1 aliphatic rings. The Morgan fingerprint density at radius 2 is 1.75 bits per heavy atom. The van der Waals surface area contributed by atoms with Crippen molar-refractivity contribution in [1.29, 1.82) is 0 Å². The highest BCUT2D eigenvalue weighted by Gasteiger charge is 2.44. The second-order valence-electron chi connectivity index (χ2n) is 10.3. The summed E-state index contributed by atoms with van der Waals surface area (Å²) in [5.41, 5.74) is 3.67. The summed E-state index contributed by atoms with van der Waals surface area (Å²) in [6, 6.07) is 28.6. The SMILES string of the molecule is CC1(C(=O)c2cccc(Oc3ccc4c(OCc5nnc6ccc(-c7ccccc7)nn56)ccnc4c3)c2)CC1. The van der Waals surface area contributed by atoms with Gasteiger partial charge in [0.25, 0.3) is 0 Å². The van der Waals surface area contributed by atoms with Crippen LogP contribution in [-0.2, 0) is 6.61 Å². The minimum atomic E-state index is -0.221. The second kappa shape index (κ2) is 9.57. The first-order chi connectivity index (χ1) is 19.6. The summed E-state index contributed by atoms with van der Waals surface area (Å²) in [6.45, 7) is 2.20. The van der Waals surface area contributed by atoms with E-state index in [1.165, 1.54) is 0 Å². The Balaban J connectivity index is 1.11. The van der Waals surface area contributed by atoms with Gasteiger partial charge in [0.05, 0.1) is 11.2 Å². The molecule has 0 radical (unpaired) electrons. The highest BCUT2D eigenvalue weighted by atomic mass is 16.5. The molecule has 8 heteroatoms. The molecular formula is C32H25N5O3. The van der Waals surface area contributed by atoms with Crippen molar-refractivity contribution < 1.29 is 14.3 Å². The van der Waals surface area contributed by atoms with E-state index < -0.39 is 0 Å². The van der Waals surface area contributed by atoms with Crippen molar-refractivity contribution >= 4 is 22.3 Å². The standard InChI is InChI=1S/C32H25N5O3/c1-32(15-16-32)31(38)22-8-5-9-23(18-22)40-24-10-11-25-27(19-24)33-17-14-28(25)39-20-30-35-34-29-13-12-26(36-37(29)30)21-6-3-2-4-7-21/h2-14,17-19H,15-16,20H2,1H3. The van der Waals surface area contributed by atoms with Crippen LogP contribution in [0.1, 0.15) is 35.9 Å². The molecule has 0 atom stereocenters. The van der Waals surface area contributed by atoms with E-state index in [4.69, 9.17) is 14.6 Å². The van der Waals surface area contributed by atoms with Crippen molar-refractivity contribution in [2.45, 2.75) is 26.4 Å². The van der Waals surface area contributed by atoms with Gasteiger partial charge in [-0.1, -0.05) is 49.4 Å². The lowest BCUT2D eigenvalue weighted by atomic mass is 9.97. The third-order valence-electron chi connectivity index (χ3n) is 7.31. The molecule has 3 aromatic heterocycles. The van der Waals surface area contributed by atoms with Gasteiger partial charge < -0.3 is 9.47 Å². The van der Waals surface area contributed by atoms with Crippen molar-refractivity contribution in [3.05, 3.63) is 109 Å². The summed E-state index contributed by atoms with van der Waals surface area (Å²) < 4.78 is 14.0. The molecule has 40 heavy (non-hydrogen) atoms. The van der Waals surface area contributed by atoms with Gasteiger partial charge in [0.2, 0.25) is 0 Å². The Bertz CT molecular complexity index is 1880. The molecule has 0 amide bonds. The molecule has 0 bridgehead atoms. The van der Waals surface area contributed by atoms with E-state index >= 15 is 0 Å². The Morgan fingerprint density at radius 3 is 2.60 bits per heavy atom. The van der Waals surface area contributed by atoms with Crippen LogP contribution in [0.4, 0.5) is 0 Å². The predicted octanol–water partition coefficient (Wildman–Crippen LogP) is 6.69. The lowest BCUT2D eigenvalue weighted by Gasteiger charge is -2.12. The van der Waals surface area contributed by atoms with Crippen LogP contribution in [0.15, 0.2) is 97.2 Å². The zero-order chi connectivity index (χ0) is 27.1. The van der Waals surface area contributed by atoms with Gasteiger partial charge in [-0.15, -0.1) is 10.2 Å². The monoisotopic (exact) mass is 527 g/mol. The normalized spacial score (nSPS) is 13.8. The maximum absolute atomic E-state index is 12.8. The van der Waals surface area contributed by atoms with Crippen molar-refractivity contribution in [3.8, 4) is 28.5 Å². The van der Waals surface area contributed by atoms with E-state index in [0.29, 0.717) is 34.3 Å². The van der Waals surface area contributed by atoms with Gasteiger partial charge in [-0.05, 0) is 55.3 Å². The zero-order valence-corrected chi connectivity index (χ0v) is 21.8. The fraction of sp³-hybridized carbons (Fsp3) is 0.156. The molecular weight excluding hydrogens is 502 g/mol. The number of benzene rings is 3. The molecule has 3 aromatic carbocycles. The molecule has 0 spiro atoms. The minimum Gasteiger partial charge on any atom is -0.485 e. The molecule has 1 aliphatic carbocycles. The minimum absolute atomic E-state index is 0.173. The highest BCUT2D eigenvalue weighted by molar-refractivity contribution is 6.02. The number of rotatable bonds is 8. The molecule has 0 aliphatic heterocycles. The van der Waals surface area contributed by atoms with Crippen molar-refractivity contribution in [2.24, 2.45) is 5.41 Å². The zero-order valence-electron chi connectivity index (χ0n) is 21.8. The number of Topliss-reactive ketones (excluding diaryl/α,β-unsaturated/α-hetero) is 1. The van der Waals surface area contributed by atoms with E-state index in [2.05, 4.69) is 15.2 Å². The number of pyridine rings is 1. The molecule has 1 fully saturated rings. The number of ether oxygens (including phenoxy) is 2. The van der Waals surface area contributed by atoms with E-state index in [1.54, 1.807) is 10.7 Å². The first kappa shape index (κ1) is 24.0. The molecule has 0 saturated heterocycles. The van der Waals surface area contributed by atoms with Gasteiger partial charge >= 0.3 is 0 Å². The Hall–Kier alpha value is -5.11. The van der Waals surface area contributed by atoms with Crippen LogP contribution in [0, 0.1) is 5.41 Å². The van der Waals surface area contributed by atoms with Crippen molar-refractivity contribution in [2.75, 3.05) is 0 Å². The average Bonchev–Trinajstić information content (AvgIpc) is 3.62. The molecule has 0 unspecified atom stereocenters. The second-order valence-corrected chi connectivity index (χ2v) is 10.3. The van der Waals surface area contributed by atoms with Crippen LogP contribution in [0.3, 0.4) is 0 Å². The van der Waals surface area contributed by atoms with Gasteiger partial charge in [-0.3, -0.25) is 9.78 Å². The molecule has 3 heterocycles. The summed E-state index contributed by atoms with van der Waals surface area (Å²) in [5.74, 6) is 2.67. The summed E-state index contributed by atoms with van der Waals surface area (Å²) in [7, 11) is 0. The summed E-state index contributed by atoms with van der Waals surface area (Å²) in [6.07, 6.45) is 3.58. The number of hydrogen-bond acceptors (Lipinski definition) is 7. The Labute approximate surface area is 230 Å². The molecule has 0 N–H and O–H groups in total. The van der Waals surface area contributed by atoms with Crippen LogP contribution in [-0.4, -0.2) is 30.6 Å². The predicted molar refractivity (Wildman–Crippen MR) is 150 cm³/mol. The third kappa shape index (κ3) is 4.53. The summed E-state index contributed by atoms with van der Waals surface area (Å²) in [4.78, 5) is 17.3. The Morgan fingerprint density at radius 1 is 0.900 bits per heavy atom. The fourth-order valence-electron chi connectivity index (χ4n) is 4.72. The van der Waals surface area contributed by atoms with Gasteiger partial charge in [-0.25, -0.2) is 0 Å². The maximum atomic E-state index is 12.8. The van der Waals surface area contributed by atoms with Crippen LogP contribution >= 0.6 is 0 Å². The number of carbonyl (C=O) groups excluding carboxylic acids is 1. The fourth-order valence-corrected chi connectivity index (χ4v) is 4.72. The molecule has 1 saturated carbocycles. The topological polar surface area (TPSA) is 91.5 Å². The third-order valence-corrected chi connectivity index (χ3v) is 7.31. The number of hydrogen-bond donors (Lipinski definition) is 0. The van der Waals surface area contributed by atoms with Gasteiger partial charge in [0.1, 0.15) is 23.9 Å². The Kier molecular flexibility index (Phi) is 5.73. The number of aromatic nitrogens is 5. The smallest absolute Gasteiger partial charge is 0.192 e. The van der Waals surface area contributed by atoms with E-state index in [9.17, 15) is 4.79 Å².